The van der Waals surface area contributed by atoms with Crippen molar-refractivity contribution in [3.63, 3.8) is 0 Å². The molecule has 0 radical (unpaired) electrons. The molecule has 38 nitrogen and oxygen atoms in total. The number of nitrogen functional groups attached to an aromatic ring is 2. The molecule has 2 aromatic carbocycles. The molecule has 0 bridgehead atoms. The van der Waals surface area contributed by atoms with Gasteiger partial charge in [0.1, 0.15) is 47.7 Å². The van der Waals surface area contributed by atoms with Crippen molar-refractivity contribution in [1.82, 2.24) is 69.6 Å². The number of nitrogens with zero attached hydrogens (tertiary/aromatic N) is 16. The fourth-order valence-electron chi connectivity index (χ4n) is 19.0. The summed E-state index contributed by atoms with van der Waals surface area (Å²) in [7, 11) is 3.09. The molecule has 15 atom stereocenters. The van der Waals surface area contributed by atoms with Crippen LogP contribution >= 0.6 is 0 Å². The first kappa shape index (κ1) is 101. The standard InChI is InChI=1S/C97H134N20O18/c1-11-12-13-16-59(4)78(129-9)47-71-23-18-63(8)97(128,135-71)88(124)92(126)116-28-15-14-17-74(116)93(127)133-79(72(98)44-64-20-24-75(118)80(45-64)130-10)48-76(119)60(5)42-62(7)86(122)87(123)84(61(6)41-58(2)3)110-132-56-81(120)101-49-66-50-102-95(103-51-66)114-36-34-112(35-37-114)82(121)27-39-131-40-38-111-30-32-113(33-31-111)96-104-52-70(53-105-96)91(125)115-29-26-67-43-65(19-21-69(67)55-115)54-117-90-83(89(99)106-57-107-90)85(109-117)68-22-25-77-73(46-68)108-94(100)134-77/h11-13,16,19,21-22,25,42-43,46,50-53,57-58,60-61,63-64,71-72,74-76,78-80,86-87,118-119,122-123,128H,1,14-15,17-18,20,23-24,26-41,44-45,47-49,54-56,98H2,2-10H3,(H2,100,108)(H,101,120)(H2,99,106,107)/b13-12+,59-16+,62-42+,110-84+/t60-,61-,63-,64+,71+,72-,74+,75-,76-,78+,79+,80-,86-,87+,97-/m1/s1. The SMILES string of the molecule is C=C/C=C/C=C(\C)[C@H](C[C@@H]1CC[C@@H](C)[C@](O)(C(=O)C(=O)N2CCCC[C@H]2C(=O)O[C@@H](C[C@@H](O)[C@H](C)/C=C(\C)[C@@H](O)[C@@H](O)/C(=N/OCC(=O)NCc2cnc(N3CCN(C(=O)CCOCCN4CCN(c5ncc(C(=O)N6CCc7cc(Cn8nc(-c9ccc%10oc(N)nc%10c9)c9c(N)ncnc98)ccc7C6)cn5)CC4)CC3)nc2)[C@H](C)CC(C)C)[C@H](N)C[C@@H]2CC[C@@H](O)[C@H](OC)C2)O1)OC. The number of piperidine rings is 1. The van der Waals surface area contributed by atoms with Crippen molar-refractivity contribution in [3.8, 4) is 11.3 Å². The zero-order valence-corrected chi connectivity index (χ0v) is 79.0. The number of aliphatic hydroxyl groups excluding tert-OH is 4. The van der Waals surface area contributed by atoms with Crippen LogP contribution in [0.5, 0.6) is 0 Å². The number of oxazole rings is 1. The van der Waals surface area contributed by atoms with Gasteiger partial charge in [0.25, 0.3) is 29.5 Å². The van der Waals surface area contributed by atoms with E-state index in [0.717, 1.165) is 45.8 Å². The van der Waals surface area contributed by atoms with Crippen LogP contribution in [0.25, 0.3) is 33.4 Å². The number of oxime groups is 1. The Morgan fingerprint density at radius 1 is 0.778 bits per heavy atom. The van der Waals surface area contributed by atoms with Gasteiger partial charge in [0.15, 0.2) is 17.8 Å². The van der Waals surface area contributed by atoms with Gasteiger partial charge in [-0.25, -0.2) is 39.4 Å². The number of hydrogen-bond acceptors (Lipinski definition) is 33. The first-order chi connectivity index (χ1) is 64.9. The second kappa shape index (κ2) is 47.1. The van der Waals surface area contributed by atoms with Crippen LogP contribution in [0, 0.1) is 29.6 Å². The predicted molar refractivity (Wildman–Crippen MR) is 505 cm³/mol. The first-order valence-electron chi connectivity index (χ1n) is 47.2. The van der Waals surface area contributed by atoms with Crippen LogP contribution < -0.4 is 32.3 Å². The minimum atomic E-state index is -2.50. The van der Waals surface area contributed by atoms with E-state index in [9.17, 15) is 54.3 Å². The highest BCUT2D eigenvalue weighted by Crippen LogP contribution is 2.40. The molecule has 5 fully saturated rings. The normalized spacial score (nSPS) is 22.5. The minimum Gasteiger partial charge on any atom is -0.459 e. The van der Waals surface area contributed by atoms with Gasteiger partial charge in [-0.05, 0) is 142 Å². The van der Waals surface area contributed by atoms with Crippen LogP contribution in [0.2, 0.25) is 0 Å². The highest BCUT2D eigenvalue weighted by molar-refractivity contribution is 6.39. The maximum Gasteiger partial charge on any atom is 0.329 e. The molecule has 12 N–H and O–H groups in total. The number of fused-ring (bicyclic) bond motifs is 3. The van der Waals surface area contributed by atoms with Crippen molar-refractivity contribution in [2.75, 3.05) is 127 Å². The summed E-state index contributed by atoms with van der Waals surface area (Å²) in [5, 5.41) is 71.2. The number of carbonyl (C=O) groups is 6. The molecular weight excluding hydrogens is 1730 g/mol. The second-order valence-electron chi connectivity index (χ2n) is 37.2. The molecular formula is C97H134N20O18. The number of methoxy groups -OCH3 is 2. The highest BCUT2D eigenvalue weighted by atomic mass is 16.6. The lowest BCUT2D eigenvalue weighted by Crippen LogP contribution is -2.61. The van der Waals surface area contributed by atoms with E-state index >= 15 is 0 Å². The van der Waals surface area contributed by atoms with E-state index in [0.29, 0.717) is 206 Å². The third-order valence-corrected chi connectivity index (χ3v) is 27.0. The van der Waals surface area contributed by atoms with Gasteiger partial charge < -0.3 is 105 Å². The van der Waals surface area contributed by atoms with Gasteiger partial charge in [-0.1, -0.05) is 94.9 Å². The molecule has 5 aliphatic heterocycles. The number of nitrogens with two attached hydrogens (primary N) is 3. The number of nitrogens with one attached hydrogen (secondary N) is 1. The molecule has 13 rings (SSSR count). The molecule has 0 spiro atoms. The van der Waals surface area contributed by atoms with Crippen molar-refractivity contribution < 1.29 is 87.2 Å². The fourth-order valence-corrected chi connectivity index (χ4v) is 19.0. The maximum absolute atomic E-state index is 14.7. The number of ether oxygens (including phenoxy) is 5. The van der Waals surface area contributed by atoms with Crippen LogP contribution in [-0.4, -0.2) is 304 Å². The number of rotatable bonds is 41. The summed E-state index contributed by atoms with van der Waals surface area (Å²) in [5.41, 5.74) is 27.9. The number of hydrogen-bond donors (Lipinski definition) is 9. The maximum atomic E-state index is 14.7. The van der Waals surface area contributed by atoms with Gasteiger partial charge in [-0.3, -0.25) is 28.9 Å². The Kier molecular flexibility index (Phi) is 35.3. The Labute approximate surface area is 787 Å². The van der Waals surface area contributed by atoms with Crippen molar-refractivity contribution in [2.45, 2.75) is 225 Å². The molecule has 4 amide bonds. The third kappa shape index (κ3) is 25.8. The number of ketones is 1. The highest BCUT2D eigenvalue weighted by Gasteiger charge is 2.53. The molecule has 4 saturated heterocycles. The van der Waals surface area contributed by atoms with Gasteiger partial charge in [0.2, 0.25) is 23.6 Å². The first-order valence-corrected chi connectivity index (χ1v) is 47.2. The van der Waals surface area contributed by atoms with Gasteiger partial charge in [0.05, 0.1) is 73.4 Å². The van der Waals surface area contributed by atoms with E-state index in [4.69, 9.17) is 55.2 Å². The van der Waals surface area contributed by atoms with Gasteiger partial charge in [-0.15, -0.1) is 0 Å². The number of carbonyl (C=O) groups excluding carboxylic acids is 6. The second-order valence-corrected chi connectivity index (χ2v) is 37.2. The molecule has 1 saturated carbocycles. The molecule has 1 aliphatic carbocycles. The lowest BCUT2D eigenvalue weighted by Gasteiger charge is -2.42. The lowest BCUT2D eigenvalue weighted by atomic mass is 9.80. The third-order valence-electron chi connectivity index (χ3n) is 27.0. The van der Waals surface area contributed by atoms with Crippen molar-refractivity contribution in [1.29, 1.82) is 0 Å². The molecule has 730 valence electrons. The quantitative estimate of drug-likeness (QED) is 0.00371. The number of Topliss-reactive ketones (excluding diaryl/α,β-unsaturated/α-hetero) is 1. The average molecular weight is 1870 g/mol. The summed E-state index contributed by atoms with van der Waals surface area (Å²) in [6.45, 7) is 23.8. The minimum absolute atomic E-state index is 0.00327. The number of piperazine rings is 2. The Morgan fingerprint density at radius 3 is 2.23 bits per heavy atom. The Balaban J connectivity index is 0.516. The molecule has 7 aromatic rings. The molecule has 38 heteroatoms. The Bertz CT molecular complexity index is 5350. The van der Waals surface area contributed by atoms with Crippen molar-refractivity contribution in [3.05, 3.63) is 143 Å². The number of benzene rings is 2. The largest absolute Gasteiger partial charge is 0.459 e. The average Bonchev–Trinajstić information content (AvgIpc) is 1.65. The number of anilines is 4. The van der Waals surface area contributed by atoms with E-state index in [1.54, 1.807) is 77.0 Å². The van der Waals surface area contributed by atoms with Crippen molar-refractivity contribution >= 4 is 87.0 Å². The number of amides is 4. The monoisotopic (exact) mass is 1870 g/mol. The molecule has 5 aromatic heterocycles. The molecule has 10 heterocycles. The number of likely N-dealkylation sites (tertiary alicyclic amines) is 1. The summed E-state index contributed by atoms with van der Waals surface area (Å²) in [5.74, 6) is -6.76. The van der Waals surface area contributed by atoms with E-state index in [1.807, 2.05) is 77.4 Å². The molecule has 135 heavy (non-hydrogen) atoms. The summed E-state index contributed by atoms with van der Waals surface area (Å²) < 4.78 is 37.1. The predicted octanol–water partition coefficient (Wildman–Crippen LogP) is 6.58. The molecule has 0 unspecified atom stereocenters. The Hall–Kier alpha value is -11.2. The summed E-state index contributed by atoms with van der Waals surface area (Å²) in [6, 6.07) is 9.77. The zero-order valence-electron chi connectivity index (χ0n) is 79.0. The lowest BCUT2D eigenvalue weighted by molar-refractivity contribution is -0.265. The van der Waals surface area contributed by atoms with Crippen LogP contribution in [0.3, 0.4) is 0 Å². The van der Waals surface area contributed by atoms with Crippen LogP contribution in [-0.2, 0) is 78.5 Å². The summed E-state index contributed by atoms with van der Waals surface area (Å²) in [4.78, 5) is 132. The van der Waals surface area contributed by atoms with Crippen LogP contribution in [0.1, 0.15) is 165 Å². The number of aromatic nitrogens is 9. The van der Waals surface area contributed by atoms with Crippen LogP contribution in [0.15, 0.2) is 125 Å². The van der Waals surface area contributed by atoms with Crippen LogP contribution in [0.4, 0.5) is 23.7 Å². The van der Waals surface area contributed by atoms with E-state index in [1.165, 1.54) is 13.4 Å². The topological polar surface area (TPSA) is 502 Å². The summed E-state index contributed by atoms with van der Waals surface area (Å²) in [6.07, 6.45) is 14.3. The molecule has 6 aliphatic rings. The number of allylic oxidation sites excluding steroid dienone is 4. The van der Waals surface area contributed by atoms with E-state index in [-0.39, 0.29) is 73.3 Å². The number of aliphatic hydroxyl groups is 5. The summed E-state index contributed by atoms with van der Waals surface area (Å²) >= 11 is 0. The Morgan fingerprint density at radius 2 is 1.51 bits per heavy atom. The fraction of sp³-hybridized carbons (Fsp3) is 0.577. The smallest absolute Gasteiger partial charge is 0.329 e. The van der Waals surface area contributed by atoms with E-state index in [2.05, 4.69) is 73.9 Å². The van der Waals surface area contributed by atoms with E-state index < -0.39 is 115 Å². The number of esters is 1. The van der Waals surface area contributed by atoms with Gasteiger partial charge in [-0.2, -0.15) is 10.1 Å². The van der Waals surface area contributed by atoms with Crippen molar-refractivity contribution in [2.24, 2.45) is 40.5 Å². The van der Waals surface area contributed by atoms with Gasteiger partial charge in [0, 0.05) is 172 Å². The zero-order chi connectivity index (χ0) is 96.3. The van der Waals surface area contributed by atoms with Gasteiger partial charge >= 0.3 is 5.97 Å².